The zero-order valence-corrected chi connectivity index (χ0v) is 13.3. The second-order valence-corrected chi connectivity index (χ2v) is 5.54. The van der Waals surface area contributed by atoms with E-state index < -0.39 is 23.6 Å². The molecular formula is C17H21NO5. The van der Waals surface area contributed by atoms with Gasteiger partial charge in [-0.05, 0) is 6.42 Å². The van der Waals surface area contributed by atoms with E-state index in [-0.39, 0.29) is 56.5 Å². The lowest BCUT2D eigenvalue weighted by molar-refractivity contribution is -0.149. The van der Waals surface area contributed by atoms with Gasteiger partial charge in [-0.15, -0.1) is 12.3 Å². The number of carbonyl (C=O) groups is 5. The fraction of sp³-hybridized carbons (Fsp3) is 0.588. The summed E-state index contributed by atoms with van der Waals surface area (Å²) in [5.74, 6) is 0.241. The molecule has 3 amide bonds. The van der Waals surface area contributed by atoms with Crippen molar-refractivity contribution in [2.24, 2.45) is 5.92 Å². The predicted molar refractivity (Wildman–Crippen MR) is 81.8 cm³/mol. The van der Waals surface area contributed by atoms with Crippen molar-refractivity contribution in [1.29, 1.82) is 0 Å². The van der Waals surface area contributed by atoms with Crippen molar-refractivity contribution in [2.45, 2.75) is 58.3 Å². The van der Waals surface area contributed by atoms with E-state index in [9.17, 15) is 24.0 Å². The van der Waals surface area contributed by atoms with Gasteiger partial charge in [-0.1, -0.05) is 6.92 Å². The van der Waals surface area contributed by atoms with Gasteiger partial charge in [0, 0.05) is 50.9 Å². The van der Waals surface area contributed by atoms with Crippen LogP contribution in [-0.2, 0) is 24.0 Å². The highest BCUT2D eigenvalue weighted by atomic mass is 16.2. The summed E-state index contributed by atoms with van der Waals surface area (Å²) in [5.41, 5.74) is 0. The number of ketones is 2. The number of hydrogen-bond donors (Lipinski definition) is 0. The number of imide groups is 3. The molecule has 0 saturated carbocycles. The third-order valence-electron chi connectivity index (χ3n) is 3.79. The molecule has 124 valence electrons. The van der Waals surface area contributed by atoms with Crippen LogP contribution in [0.15, 0.2) is 0 Å². The van der Waals surface area contributed by atoms with Gasteiger partial charge in [0.25, 0.3) is 0 Å². The minimum Gasteiger partial charge on any atom is -0.300 e. The fourth-order valence-corrected chi connectivity index (χ4v) is 2.51. The van der Waals surface area contributed by atoms with E-state index in [4.69, 9.17) is 6.42 Å². The standard InChI is InChI=1S/C17H21NO5/c1-3-6-12(14(20)4-2)11-13(19)7-5-8-15(21)18-16(22)9-10-17(18)23/h1,12H,4-11H2,2H3. The van der Waals surface area contributed by atoms with Crippen molar-refractivity contribution < 1.29 is 24.0 Å². The molecule has 6 nitrogen and oxygen atoms in total. The maximum Gasteiger partial charge on any atom is 0.236 e. The fourth-order valence-electron chi connectivity index (χ4n) is 2.51. The Bertz CT molecular complexity index is 542. The topological polar surface area (TPSA) is 88.6 Å². The highest BCUT2D eigenvalue weighted by molar-refractivity contribution is 6.15. The average molecular weight is 319 g/mol. The molecule has 1 rings (SSSR count). The zero-order chi connectivity index (χ0) is 17.4. The van der Waals surface area contributed by atoms with Crippen LogP contribution in [0.3, 0.4) is 0 Å². The summed E-state index contributed by atoms with van der Waals surface area (Å²) < 4.78 is 0. The van der Waals surface area contributed by atoms with E-state index in [0.29, 0.717) is 11.3 Å². The molecule has 23 heavy (non-hydrogen) atoms. The molecule has 0 N–H and O–H groups in total. The first-order chi connectivity index (χ1) is 10.9. The van der Waals surface area contributed by atoms with E-state index in [1.165, 1.54) is 0 Å². The van der Waals surface area contributed by atoms with Gasteiger partial charge >= 0.3 is 0 Å². The maximum atomic E-state index is 11.9. The Hall–Kier alpha value is -2.29. The molecule has 0 radical (unpaired) electrons. The summed E-state index contributed by atoms with van der Waals surface area (Å²) in [7, 11) is 0. The van der Waals surface area contributed by atoms with Gasteiger partial charge < -0.3 is 0 Å². The third-order valence-corrected chi connectivity index (χ3v) is 3.79. The first-order valence-corrected chi connectivity index (χ1v) is 7.77. The van der Waals surface area contributed by atoms with Gasteiger partial charge in [-0.3, -0.25) is 24.0 Å². The molecule has 0 bridgehead atoms. The van der Waals surface area contributed by atoms with Crippen LogP contribution >= 0.6 is 0 Å². The SMILES string of the molecule is C#CCC(CC(=O)CCCC(=O)N1C(=O)CCC1=O)C(=O)CC. The molecule has 1 unspecified atom stereocenters. The number of amides is 3. The molecule has 0 aromatic carbocycles. The van der Waals surface area contributed by atoms with E-state index in [1.807, 2.05) is 0 Å². The van der Waals surface area contributed by atoms with Gasteiger partial charge in [-0.2, -0.15) is 0 Å². The van der Waals surface area contributed by atoms with Crippen LogP contribution in [0.25, 0.3) is 0 Å². The van der Waals surface area contributed by atoms with Crippen molar-refractivity contribution in [3.63, 3.8) is 0 Å². The number of Topliss-reactive ketones (excluding diaryl/α,β-unsaturated/α-hetero) is 2. The summed E-state index contributed by atoms with van der Waals surface area (Å²) in [5, 5.41) is 0. The van der Waals surface area contributed by atoms with Crippen molar-refractivity contribution in [3.05, 3.63) is 0 Å². The number of terminal acetylenes is 1. The highest BCUT2D eigenvalue weighted by Crippen LogP contribution is 2.17. The second kappa shape index (κ2) is 8.99. The van der Waals surface area contributed by atoms with Crippen LogP contribution < -0.4 is 0 Å². The molecule has 1 fully saturated rings. The number of nitrogens with zero attached hydrogens (tertiary/aromatic N) is 1. The molecule has 0 aliphatic carbocycles. The van der Waals surface area contributed by atoms with Crippen LogP contribution in [0.5, 0.6) is 0 Å². The smallest absolute Gasteiger partial charge is 0.236 e. The molecule has 1 aliphatic heterocycles. The highest BCUT2D eigenvalue weighted by Gasteiger charge is 2.33. The molecule has 1 atom stereocenters. The molecule has 6 heteroatoms. The summed E-state index contributed by atoms with van der Waals surface area (Å²) in [4.78, 5) is 58.9. The minimum absolute atomic E-state index is 0.0370. The Morgan fingerprint density at radius 3 is 2.30 bits per heavy atom. The molecule has 1 aliphatic rings. The number of rotatable bonds is 9. The number of hydrogen-bond acceptors (Lipinski definition) is 5. The van der Waals surface area contributed by atoms with Crippen LogP contribution in [0.1, 0.15) is 58.3 Å². The van der Waals surface area contributed by atoms with Crippen molar-refractivity contribution in [3.8, 4) is 12.3 Å². The predicted octanol–water partition coefficient (Wildman–Crippen LogP) is 1.41. The normalized spacial score (nSPS) is 15.4. The first kappa shape index (κ1) is 18.8. The van der Waals surface area contributed by atoms with E-state index in [1.54, 1.807) is 6.92 Å². The lowest BCUT2D eigenvalue weighted by atomic mass is 9.91. The Morgan fingerprint density at radius 1 is 1.17 bits per heavy atom. The van der Waals surface area contributed by atoms with Crippen LogP contribution in [0, 0.1) is 18.3 Å². The van der Waals surface area contributed by atoms with Gasteiger partial charge in [0.15, 0.2) is 0 Å². The van der Waals surface area contributed by atoms with Crippen molar-refractivity contribution in [1.82, 2.24) is 4.90 Å². The molecule has 0 aromatic rings. The van der Waals surface area contributed by atoms with Gasteiger partial charge in [0.2, 0.25) is 17.7 Å². The van der Waals surface area contributed by atoms with E-state index in [2.05, 4.69) is 5.92 Å². The summed E-state index contributed by atoms with van der Waals surface area (Å²) in [6.07, 6.45) is 6.31. The Balaban J connectivity index is 2.40. The number of carbonyl (C=O) groups excluding carboxylic acids is 5. The van der Waals surface area contributed by atoms with Crippen molar-refractivity contribution >= 4 is 29.3 Å². The Morgan fingerprint density at radius 2 is 1.78 bits per heavy atom. The van der Waals surface area contributed by atoms with Gasteiger partial charge in [0.1, 0.15) is 11.6 Å². The lowest BCUT2D eigenvalue weighted by Crippen LogP contribution is -2.35. The Labute approximate surface area is 135 Å². The second-order valence-electron chi connectivity index (χ2n) is 5.54. The molecule has 1 heterocycles. The van der Waals surface area contributed by atoms with Crippen LogP contribution in [0.4, 0.5) is 0 Å². The molecule has 0 spiro atoms. The molecular weight excluding hydrogens is 298 g/mol. The van der Waals surface area contributed by atoms with E-state index >= 15 is 0 Å². The first-order valence-electron chi connectivity index (χ1n) is 7.77. The monoisotopic (exact) mass is 319 g/mol. The quantitative estimate of drug-likeness (QED) is 0.473. The van der Waals surface area contributed by atoms with Crippen LogP contribution in [0.2, 0.25) is 0 Å². The summed E-state index contributed by atoms with van der Waals surface area (Å²) in [6.45, 7) is 1.72. The van der Waals surface area contributed by atoms with Gasteiger partial charge in [-0.25, -0.2) is 4.90 Å². The van der Waals surface area contributed by atoms with Crippen molar-refractivity contribution in [2.75, 3.05) is 0 Å². The molecule has 1 saturated heterocycles. The maximum absolute atomic E-state index is 11.9. The molecule has 0 aromatic heterocycles. The van der Waals surface area contributed by atoms with E-state index in [0.717, 1.165) is 0 Å². The third kappa shape index (κ3) is 5.44. The Kier molecular flexibility index (Phi) is 7.33. The summed E-state index contributed by atoms with van der Waals surface area (Å²) in [6, 6.07) is 0. The number of likely N-dealkylation sites (tertiary alicyclic amines) is 1. The largest absolute Gasteiger partial charge is 0.300 e. The van der Waals surface area contributed by atoms with Gasteiger partial charge in [0.05, 0.1) is 0 Å². The lowest BCUT2D eigenvalue weighted by Gasteiger charge is -2.12. The minimum atomic E-state index is -0.560. The summed E-state index contributed by atoms with van der Waals surface area (Å²) >= 11 is 0. The zero-order valence-electron chi connectivity index (χ0n) is 13.3. The average Bonchev–Trinajstić information content (AvgIpc) is 2.85. The van der Waals surface area contributed by atoms with Crippen LogP contribution in [-0.4, -0.2) is 34.2 Å².